The normalized spacial score (nSPS) is 20.3. The van der Waals surface area contributed by atoms with Crippen molar-refractivity contribution in [2.75, 3.05) is 20.8 Å². The van der Waals surface area contributed by atoms with Crippen molar-refractivity contribution in [2.45, 2.75) is 12.0 Å². The van der Waals surface area contributed by atoms with Gasteiger partial charge in [0.05, 0.1) is 26.4 Å². The Bertz CT molecular complexity index is 1330. The average molecular weight is 478 g/mol. The lowest BCUT2D eigenvalue weighted by atomic mass is 9.86. The number of hydrogen-bond donors (Lipinski definition) is 3. The van der Waals surface area contributed by atoms with E-state index < -0.39 is 12.0 Å². The van der Waals surface area contributed by atoms with E-state index in [-0.39, 0.29) is 52.5 Å². The second-order valence-electron chi connectivity index (χ2n) is 8.07. The molecule has 2 heterocycles. The number of ether oxygens (including phenoxy) is 4. The highest BCUT2D eigenvalue weighted by Crippen LogP contribution is 2.46. The third kappa shape index (κ3) is 3.66. The smallest absolute Gasteiger partial charge is 0.203 e. The fraction of sp³-hybridized carbons (Fsp3) is 0.192. The Kier molecular flexibility index (Phi) is 5.62. The van der Waals surface area contributed by atoms with Crippen LogP contribution in [-0.2, 0) is 9.62 Å². The summed E-state index contributed by atoms with van der Waals surface area (Å²) >= 11 is 0. The van der Waals surface area contributed by atoms with Crippen LogP contribution < -0.4 is 14.2 Å². The number of rotatable bonds is 5. The summed E-state index contributed by atoms with van der Waals surface area (Å²) in [6.07, 6.45) is 7.91. The highest BCUT2D eigenvalue weighted by molar-refractivity contribution is 6.07. The first-order valence-electron chi connectivity index (χ1n) is 10.7. The quantitative estimate of drug-likeness (QED) is 0.431. The van der Waals surface area contributed by atoms with Crippen molar-refractivity contribution in [3.63, 3.8) is 0 Å². The van der Waals surface area contributed by atoms with Gasteiger partial charge in [0, 0.05) is 11.1 Å². The topological polar surface area (TPSA) is 124 Å². The predicted molar refractivity (Wildman–Crippen MR) is 124 cm³/mol. The van der Waals surface area contributed by atoms with E-state index in [2.05, 4.69) is 4.89 Å². The Morgan fingerprint density at radius 3 is 2.60 bits per heavy atom. The van der Waals surface area contributed by atoms with Gasteiger partial charge < -0.3 is 34.0 Å². The second-order valence-corrected chi connectivity index (χ2v) is 8.07. The van der Waals surface area contributed by atoms with Crippen LogP contribution in [0.4, 0.5) is 0 Å². The van der Waals surface area contributed by atoms with Gasteiger partial charge in [-0.15, -0.1) is 0 Å². The Labute approximate surface area is 200 Å². The minimum Gasteiger partial charge on any atom is -0.507 e. The van der Waals surface area contributed by atoms with Crippen LogP contribution in [0.25, 0.3) is 5.57 Å². The van der Waals surface area contributed by atoms with Crippen LogP contribution in [0, 0.1) is 0 Å². The van der Waals surface area contributed by atoms with Crippen LogP contribution in [0.2, 0.25) is 0 Å². The monoisotopic (exact) mass is 478 g/mol. The number of ketones is 1. The minimum absolute atomic E-state index is 0.0116. The van der Waals surface area contributed by atoms with Crippen LogP contribution in [0.3, 0.4) is 0 Å². The predicted octanol–water partition coefficient (Wildman–Crippen LogP) is 4.08. The maximum absolute atomic E-state index is 13.5. The fourth-order valence-corrected chi connectivity index (χ4v) is 4.52. The number of phenols is 2. The molecule has 3 N–H and O–H groups in total. The molecule has 0 fully saturated rings. The van der Waals surface area contributed by atoms with Gasteiger partial charge in [0.1, 0.15) is 29.8 Å². The Morgan fingerprint density at radius 1 is 1.06 bits per heavy atom. The zero-order chi connectivity index (χ0) is 24.7. The molecule has 9 nitrogen and oxygen atoms in total. The van der Waals surface area contributed by atoms with Crippen LogP contribution in [0.15, 0.2) is 66.2 Å². The molecule has 0 saturated heterocycles. The molecule has 0 bridgehead atoms. The third-order valence-corrected chi connectivity index (χ3v) is 6.18. The van der Waals surface area contributed by atoms with Gasteiger partial charge in [0.25, 0.3) is 0 Å². The standard InChI is InChI=1S/C26H22O9/c1-31-25-15(5-6-18(27)26(25)32-2)17-12-34-22-11-13(8-19(28)23(22)24(17)29)14-9-20-16(4-3-7-33-20)21(10-14)35-30/h3-11,17,20,27-28,30H,12H2,1-2H3. The molecule has 2 aromatic rings. The van der Waals surface area contributed by atoms with E-state index >= 15 is 0 Å². The number of benzene rings is 2. The van der Waals surface area contributed by atoms with Gasteiger partial charge in [-0.25, -0.2) is 5.26 Å². The molecule has 9 heteroatoms. The molecule has 3 aliphatic rings. The van der Waals surface area contributed by atoms with E-state index in [0.717, 1.165) is 0 Å². The fourth-order valence-electron chi connectivity index (χ4n) is 4.52. The molecule has 2 aliphatic heterocycles. The van der Waals surface area contributed by atoms with Crippen LogP contribution >= 0.6 is 0 Å². The van der Waals surface area contributed by atoms with E-state index in [1.54, 1.807) is 36.4 Å². The number of methoxy groups -OCH3 is 2. The van der Waals surface area contributed by atoms with Crippen LogP contribution in [0.5, 0.6) is 28.7 Å². The molecule has 0 aromatic heterocycles. The molecule has 35 heavy (non-hydrogen) atoms. The molecular weight excluding hydrogens is 456 g/mol. The lowest BCUT2D eigenvalue weighted by molar-refractivity contribution is -0.201. The summed E-state index contributed by atoms with van der Waals surface area (Å²) in [5.41, 5.74) is 2.30. The molecule has 2 aromatic carbocycles. The van der Waals surface area contributed by atoms with Crippen molar-refractivity contribution < 1.29 is 44.1 Å². The summed E-state index contributed by atoms with van der Waals surface area (Å²) in [5, 5.41) is 30.3. The number of carbonyl (C=O) groups is 1. The Balaban J connectivity index is 1.52. The van der Waals surface area contributed by atoms with E-state index in [1.807, 2.05) is 0 Å². The number of fused-ring (bicyclic) bond motifs is 2. The maximum Gasteiger partial charge on any atom is 0.203 e. The van der Waals surface area contributed by atoms with E-state index in [1.165, 1.54) is 32.6 Å². The molecular formula is C26H22O9. The van der Waals surface area contributed by atoms with E-state index in [9.17, 15) is 20.3 Å². The maximum atomic E-state index is 13.5. The largest absolute Gasteiger partial charge is 0.507 e. The number of allylic oxidation sites excluding steroid dienone is 4. The number of Topliss-reactive ketones (excluding diaryl/α,β-unsaturated/α-hetero) is 1. The van der Waals surface area contributed by atoms with Crippen molar-refractivity contribution in [3.8, 4) is 28.7 Å². The van der Waals surface area contributed by atoms with Gasteiger partial charge >= 0.3 is 0 Å². The number of aromatic hydroxyl groups is 2. The average Bonchev–Trinajstić information content (AvgIpc) is 2.87. The molecule has 0 radical (unpaired) electrons. The minimum atomic E-state index is -0.790. The van der Waals surface area contributed by atoms with Gasteiger partial charge in [-0.3, -0.25) is 4.79 Å². The van der Waals surface area contributed by atoms with Crippen molar-refractivity contribution in [1.29, 1.82) is 0 Å². The summed E-state index contributed by atoms with van der Waals surface area (Å²) in [7, 11) is 2.80. The van der Waals surface area contributed by atoms with Crippen LogP contribution in [0.1, 0.15) is 27.4 Å². The summed E-state index contributed by atoms with van der Waals surface area (Å²) in [6.45, 7) is -0.0116. The third-order valence-electron chi connectivity index (χ3n) is 6.18. The molecule has 180 valence electrons. The molecule has 0 saturated carbocycles. The molecule has 5 rings (SSSR count). The first-order valence-corrected chi connectivity index (χ1v) is 10.7. The molecule has 0 spiro atoms. The van der Waals surface area contributed by atoms with E-state index in [4.69, 9.17) is 18.9 Å². The van der Waals surface area contributed by atoms with Gasteiger partial charge in [-0.1, -0.05) is 6.07 Å². The van der Waals surface area contributed by atoms with Gasteiger partial charge in [0.15, 0.2) is 23.0 Å². The number of carbonyl (C=O) groups excluding carboxylic acids is 1. The molecule has 2 atom stereocenters. The lowest BCUT2D eigenvalue weighted by Gasteiger charge is -2.28. The first-order chi connectivity index (χ1) is 17.0. The molecule has 0 amide bonds. The second kappa shape index (κ2) is 8.77. The number of hydrogen-bond acceptors (Lipinski definition) is 9. The zero-order valence-electron chi connectivity index (χ0n) is 18.8. The lowest BCUT2D eigenvalue weighted by Crippen LogP contribution is -2.27. The van der Waals surface area contributed by atoms with E-state index in [0.29, 0.717) is 22.3 Å². The van der Waals surface area contributed by atoms with Crippen molar-refractivity contribution >= 4 is 11.4 Å². The molecule has 1 aliphatic carbocycles. The highest BCUT2D eigenvalue weighted by Gasteiger charge is 2.36. The first kappa shape index (κ1) is 22.4. The summed E-state index contributed by atoms with van der Waals surface area (Å²) in [6, 6.07) is 6.07. The zero-order valence-corrected chi connectivity index (χ0v) is 18.8. The Hall–Kier alpha value is -4.37. The van der Waals surface area contributed by atoms with Crippen molar-refractivity contribution in [3.05, 3.63) is 82.9 Å². The Morgan fingerprint density at radius 2 is 1.86 bits per heavy atom. The van der Waals surface area contributed by atoms with Gasteiger partial charge in [-0.05, 0) is 53.6 Å². The van der Waals surface area contributed by atoms with Gasteiger partial charge in [-0.2, -0.15) is 0 Å². The number of phenolic OH excluding ortho intramolecular Hbond substituents is 2. The van der Waals surface area contributed by atoms with Crippen molar-refractivity contribution in [2.24, 2.45) is 0 Å². The SMILES string of the molecule is COc1c(O)ccc(C2COc3cc(C4=CC5OC=CC=C5C(OO)=C4)cc(O)c3C2=O)c1OC. The molecule has 2 unspecified atom stereocenters. The summed E-state index contributed by atoms with van der Waals surface area (Å²) < 4.78 is 22.1. The summed E-state index contributed by atoms with van der Waals surface area (Å²) in [4.78, 5) is 18.0. The van der Waals surface area contributed by atoms with Crippen molar-refractivity contribution in [1.82, 2.24) is 0 Å². The summed E-state index contributed by atoms with van der Waals surface area (Å²) in [5.74, 6) is -0.786. The highest BCUT2D eigenvalue weighted by atomic mass is 17.1. The van der Waals surface area contributed by atoms with Gasteiger partial charge in [0.2, 0.25) is 5.75 Å². The van der Waals surface area contributed by atoms with Crippen LogP contribution in [-0.4, -0.2) is 48.2 Å².